The number of aromatic nitrogens is 2. The summed E-state index contributed by atoms with van der Waals surface area (Å²) in [6, 6.07) is 19.6. The molecule has 0 radical (unpaired) electrons. The lowest BCUT2D eigenvalue weighted by Gasteiger charge is -2.09. The van der Waals surface area contributed by atoms with Crippen molar-refractivity contribution < 1.29 is 4.74 Å². The van der Waals surface area contributed by atoms with Gasteiger partial charge in [0.1, 0.15) is 11.5 Å². The van der Waals surface area contributed by atoms with E-state index in [-0.39, 0.29) is 0 Å². The number of nitrogens with one attached hydrogen (secondary N) is 2. The van der Waals surface area contributed by atoms with Crippen molar-refractivity contribution in [2.24, 2.45) is 0 Å². The summed E-state index contributed by atoms with van der Waals surface area (Å²) in [5, 5.41) is 10.2. The Morgan fingerprint density at radius 1 is 0.950 bits per heavy atom. The van der Waals surface area contributed by atoms with Crippen LogP contribution in [0.4, 0.5) is 5.69 Å². The van der Waals surface area contributed by atoms with E-state index in [4.69, 9.17) is 4.74 Å². The number of benzene rings is 2. The van der Waals surface area contributed by atoms with Gasteiger partial charge in [0.2, 0.25) is 0 Å². The van der Waals surface area contributed by atoms with Crippen LogP contribution in [0, 0.1) is 0 Å². The molecule has 1 aromatic heterocycles. The lowest BCUT2D eigenvalue weighted by molar-refractivity contribution is 0.483. The molecule has 4 heteroatoms. The van der Waals surface area contributed by atoms with Crippen molar-refractivity contribution in [2.45, 2.75) is 6.54 Å². The Bertz CT molecular complexity index is 651. The van der Waals surface area contributed by atoms with Gasteiger partial charge in [0, 0.05) is 18.0 Å². The van der Waals surface area contributed by atoms with Crippen molar-refractivity contribution in [3.8, 4) is 11.5 Å². The summed E-state index contributed by atoms with van der Waals surface area (Å²) in [6.07, 6.45) is 1.74. The first kappa shape index (κ1) is 12.3. The first-order chi connectivity index (χ1) is 9.90. The maximum atomic E-state index is 5.80. The van der Waals surface area contributed by atoms with E-state index >= 15 is 0 Å². The number of H-pyrrole nitrogens is 1. The van der Waals surface area contributed by atoms with Crippen LogP contribution in [0.15, 0.2) is 66.9 Å². The molecule has 3 rings (SSSR count). The number of nitrogens with zero attached hydrogens (tertiary/aromatic N) is 1. The molecule has 2 N–H and O–H groups in total. The second-order valence-corrected chi connectivity index (χ2v) is 4.38. The minimum atomic E-state index is 0.703. The molecular formula is C16H15N3O. The van der Waals surface area contributed by atoms with E-state index in [0.29, 0.717) is 6.54 Å². The molecule has 100 valence electrons. The highest BCUT2D eigenvalue weighted by Crippen LogP contribution is 2.23. The second-order valence-electron chi connectivity index (χ2n) is 4.38. The van der Waals surface area contributed by atoms with Crippen molar-refractivity contribution >= 4 is 5.69 Å². The standard InChI is InChI=1S/C16H15N3O/c1-2-6-15(7-3-1)20-16-8-4-5-13(11-16)17-12-14-9-10-18-19-14/h1-11,17H,12H2,(H,18,19). The summed E-state index contributed by atoms with van der Waals surface area (Å²) in [4.78, 5) is 0. The van der Waals surface area contributed by atoms with Crippen LogP contribution < -0.4 is 10.1 Å². The highest BCUT2D eigenvalue weighted by molar-refractivity contribution is 5.49. The van der Waals surface area contributed by atoms with Gasteiger partial charge in [-0.15, -0.1) is 0 Å². The largest absolute Gasteiger partial charge is 0.457 e. The van der Waals surface area contributed by atoms with Crippen molar-refractivity contribution in [3.05, 3.63) is 72.6 Å². The maximum Gasteiger partial charge on any atom is 0.129 e. The number of para-hydroxylation sites is 1. The molecule has 0 unspecified atom stereocenters. The van der Waals surface area contributed by atoms with Crippen LogP contribution in [-0.2, 0) is 6.54 Å². The summed E-state index contributed by atoms with van der Waals surface area (Å²) < 4.78 is 5.80. The molecule has 0 aliphatic carbocycles. The topological polar surface area (TPSA) is 49.9 Å². The van der Waals surface area contributed by atoms with Crippen LogP contribution in [0.5, 0.6) is 11.5 Å². The monoisotopic (exact) mass is 265 g/mol. The van der Waals surface area contributed by atoms with E-state index in [0.717, 1.165) is 22.9 Å². The van der Waals surface area contributed by atoms with E-state index in [1.54, 1.807) is 6.20 Å². The fraction of sp³-hybridized carbons (Fsp3) is 0.0625. The predicted molar refractivity (Wildman–Crippen MR) is 78.9 cm³/mol. The Hall–Kier alpha value is -2.75. The summed E-state index contributed by atoms with van der Waals surface area (Å²) in [6.45, 7) is 0.703. The van der Waals surface area contributed by atoms with Gasteiger partial charge in [0.15, 0.2) is 0 Å². The van der Waals surface area contributed by atoms with E-state index in [1.165, 1.54) is 0 Å². The van der Waals surface area contributed by atoms with Gasteiger partial charge >= 0.3 is 0 Å². The number of anilines is 1. The lowest BCUT2D eigenvalue weighted by atomic mass is 10.3. The summed E-state index contributed by atoms with van der Waals surface area (Å²) in [7, 11) is 0. The SMILES string of the molecule is c1ccc(Oc2cccc(NCc3ccn[nH]3)c2)cc1. The van der Waals surface area contributed by atoms with Gasteiger partial charge in [-0.1, -0.05) is 24.3 Å². The van der Waals surface area contributed by atoms with E-state index < -0.39 is 0 Å². The second kappa shape index (κ2) is 5.93. The van der Waals surface area contributed by atoms with Gasteiger partial charge < -0.3 is 10.1 Å². The molecule has 0 aliphatic rings. The zero-order chi connectivity index (χ0) is 13.6. The third-order valence-electron chi connectivity index (χ3n) is 2.85. The van der Waals surface area contributed by atoms with Gasteiger partial charge in [-0.05, 0) is 30.3 Å². The smallest absolute Gasteiger partial charge is 0.129 e. The van der Waals surface area contributed by atoms with Crippen LogP contribution in [0.3, 0.4) is 0 Å². The molecule has 3 aromatic rings. The van der Waals surface area contributed by atoms with E-state index in [9.17, 15) is 0 Å². The number of rotatable bonds is 5. The van der Waals surface area contributed by atoms with Gasteiger partial charge in [-0.3, -0.25) is 5.10 Å². The highest BCUT2D eigenvalue weighted by atomic mass is 16.5. The molecule has 1 heterocycles. The quantitative estimate of drug-likeness (QED) is 0.737. The van der Waals surface area contributed by atoms with Crippen LogP contribution in [0.25, 0.3) is 0 Å². The van der Waals surface area contributed by atoms with Gasteiger partial charge in [-0.25, -0.2) is 0 Å². The Kier molecular flexibility index (Phi) is 3.64. The van der Waals surface area contributed by atoms with Crippen LogP contribution in [0.1, 0.15) is 5.69 Å². The van der Waals surface area contributed by atoms with Gasteiger partial charge in [0.25, 0.3) is 0 Å². The van der Waals surface area contributed by atoms with Gasteiger partial charge in [-0.2, -0.15) is 5.10 Å². The van der Waals surface area contributed by atoms with Crippen molar-refractivity contribution in [1.29, 1.82) is 0 Å². The number of hydrogen-bond donors (Lipinski definition) is 2. The summed E-state index contributed by atoms with van der Waals surface area (Å²) in [5.74, 6) is 1.64. The van der Waals surface area contributed by atoms with Crippen LogP contribution >= 0.6 is 0 Å². The van der Waals surface area contributed by atoms with Crippen molar-refractivity contribution in [2.75, 3.05) is 5.32 Å². The van der Waals surface area contributed by atoms with Gasteiger partial charge in [0.05, 0.1) is 12.2 Å². The third-order valence-corrected chi connectivity index (χ3v) is 2.85. The molecule has 4 nitrogen and oxygen atoms in total. The Morgan fingerprint density at radius 2 is 1.80 bits per heavy atom. The normalized spacial score (nSPS) is 10.2. The Labute approximate surface area is 117 Å². The molecule has 2 aromatic carbocycles. The molecule has 20 heavy (non-hydrogen) atoms. The molecule has 0 bridgehead atoms. The predicted octanol–water partition coefficient (Wildman–Crippen LogP) is 3.81. The summed E-state index contributed by atoms with van der Waals surface area (Å²) >= 11 is 0. The molecule has 0 atom stereocenters. The number of hydrogen-bond acceptors (Lipinski definition) is 3. The van der Waals surface area contributed by atoms with Crippen LogP contribution in [-0.4, -0.2) is 10.2 Å². The fourth-order valence-electron chi connectivity index (χ4n) is 1.87. The summed E-state index contributed by atoms with van der Waals surface area (Å²) in [5.41, 5.74) is 2.05. The minimum absolute atomic E-state index is 0.703. The molecule has 0 aliphatic heterocycles. The zero-order valence-corrected chi connectivity index (χ0v) is 10.9. The first-order valence-electron chi connectivity index (χ1n) is 6.45. The molecule has 0 saturated heterocycles. The van der Waals surface area contributed by atoms with Crippen molar-refractivity contribution in [1.82, 2.24) is 10.2 Å². The number of ether oxygens (including phenoxy) is 1. The minimum Gasteiger partial charge on any atom is -0.457 e. The van der Waals surface area contributed by atoms with E-state index in [2.05, 4.69) is 15.5 Å². The first-order valence-corrected chi connectivity index (χ1v) is 6.45. The Balaban J connectivity index is 1.66. The van der Waals surface area contributed by atoms with Crippen molar-refractivity contribution in [3.63, 3.8) is 0 Å². The zero-order valence-electron chi connectivity index (χ0n) is 10.9. The molecule has 0 fully saturated rings. The lowest BCUT2D eigenvalue weighted by Crippen LogP contribution is -1.99. The number of aromatic amines is 1. The Morgan fingerprint density at radius 3 is 2.60 bits per heavy atom. The van der Waals surface area contributed by atoms with Crippen LogP contribution in [0.2, 0.25) is 0 Å². The molecule has 0 amide bonds. The maximum absolute atomic E-state index is 5.80. The molecular weight excluding hydrogens is 250 g/mol. The highest BCUT2D eigenvalue weighted by Gasteiger charge is 1.99. The van der Waals surface area contributed by atoms with E-state index in [1.807, 2.05) is 60.7 Å². The molecule has 0 saturated carbocycles. The fourth-order valence-corrected chi connectivity index (χ4v) is 1.87. The third kappa shape index (κ3) is 3.17. The average molecular weight is 265 g/mol. The average Bonchev–Trinajstić information content (AvgIpc) is 3.00. The molecule has 0 spiro atoms.